The highest BCUT2D eigenvalue weighted by Crippen LogP contribution is 2.28. The lowest BCUT2D eigenvalue weighted by molar-refractivity contribution is -0.137. The first-order chi connectivity index (χ1) is 17.4. The van der Waals surface area contributed by atoms with Crippen molar-refractivity contribution in [2.75, 3.05) is 6.61 Å². The number of benzene rings is 3. The minimum Gasteiger partial charge on any atom is -0.462 e. The van der Waals surface area contributed by atoms with Crippen LogP contribution in [0.5, 0.6) is 11.5 Å². The molecule has 7 heteroatoms. The Morgan fingerprint density at radius 1 is 0.778 bits per heavy atom. The predicted octanol–water partition coefficient (Wildman–Crippen LogP) is 5.47. The summed E-state index contributed by atoms with van der Waals surface area (Å²) in [5, 5.41) is 0. The summed E-state index contributed by atoms with van der Waals surface area (Å²) < 4.78 is 29.8. The number of hydrogen-bond acceptors (Lipinski definition) is 6. The Balaban J connectivity index is 1.56. The topological polar surface area (TPSA) is 78.9 Å². The number of hydrogen-bond donors (Lipinski definition) is 0. The van der Waals surface area contributed by atoms with E-state index in [1.165, 1.54) is 18.2 Å². The van der Waals surface area contributed by atoms with E-state index >= 15 is 0 Å². The minimum absolute atomic E-state index is 0.0619. The quantitative estimate of drug-likeness (QED) is 0.215. The van der Waals surface area contributed by atoms with E-state index in [2.05, 4.69) is 13.2 Å². The molecule has 0 unspecified atom stereocenters. The van der Waals surface area contributed by atoms with E-state index in [-0.39, 0.29) is 12.4 Å². The van der Waals surface area contributed by atoms with Crippen molar-refractivity contribution in [3.63, 3.8) is 0 Å². The highest BCUT2D eigenvalue weighted by molar-refractivity contribution is 5.88. The van der Waals surface area contributed by atoms with E-state index in [4.69, 9.17) is 14.2 Å². The molecule has 3 rings (SSSR count). The summed E-state index contributed by atoms with van der Waals surface area (Å²) in [5.74, 6) is -1.91. The first-order valence-corrected chi connectivity index (χ1v) is 10.9. The summed E-state index contributed by atoms with van der Waals surface area (Å²) in [7, 11) is 0. The summed E-state index contributed by atoms with van der Waals surface area (Å²) >= 11 is 0. The van der Waals surface area contributed by atoms with Gasteiger partial charge in [0.1, 0.15) is 17.3 Å². The maximum absolute atomic E-state index is 14.7. The molecule has 0 N–H and O–H groups in total. The van der Waals surface area contributed by atoms with E-state index in [0.717, 1.165) is 29.3 Å². The van der Waals surface area contributed by atoms with Crippen LogP contribution in [-0.2, 0) is 25.5 Å². The number of carbonyl (C=O) groups excluding carboxylic acids is 3. The molecule has 0 radical (unpaired) electrons. The Labute approximate surface area is 207 Å². The molecule has 3 aromatic carbocycles. The third-order valence-electron chi connectivity index (χ3n) is 4.90. The fourth-order valence-electron chi connectivity index (χ4n) is 3.09. The van der Waals surface area contributed by atoms with Gasteiger partial charge in [0, 0.05) is 36.3 Å². The van der Waals surface area contributed by atoms with Crippen molar-refractivity contribution < 1.29 is 33.0 Å². The van der Waals surface area contributed by atoms with Crippen LogP contribution in [0.4, 0.5) is 4.39 Å². The molecule has 182 valence electrons. The lowest BCUT2D eigenvalue weighted by atomic mass is 10.0. The molecule has 0 atom stereocenters. The fourth-order valence-corrected chi connectivity index (χ4v) is 3.09. The Hall–Kier alpha value is -4.78. The third-order valence-corrected chi connectivity index (χ3v) is 4.90. The summed E-state index contributed by atoms with van der Waals surface area (Å²) in [6, 6.07) is 17.8. The number of rotatable bonds is 10. The van der Waals surface area contributed by atoms with E-state index in [1.807, 2.05) is 24.3 Å². The number of ether oxygens (including phenoxy) is 3. The van der Waals surface area contributed by atoms with Gasteiger partial charge in [-0.2, -0.15) is 0 Å². The van der Waals surface area contributed by atoms with Gasteiger partial charge < -0.3 is 14.2 Å². The van der Waals surface area contributed by atoms with Crippen molar-refractivity contribution in [1.29, 1.82) is 0 Å². The van der Waals surface area contributed by atoms with Crippen LogP contribution in [0, 0.1) is 5.82 Å². The third kappa shape index (κ3) is 7.63. The highest BCUT2D eigenvalue weighted by atomic mass is 19.1. The first kappa shape index (κ1) is 25.8. The zero-order chi connectivity index (χ0) is 25.9. The zero-order valence-corrected chi connectivity index (χ0v) is 19.3. The molecule has 0 amide bonds. The van der Waals surface area contributed by atoms with Gasteiger partial charge in [0.25, 0.3) is 0 Å². The van der Waals surface area contributed by atoms with E-state index in [9.17, 15) is 18.8 Å². The molecule has 3 aromatic rings. The molecular formula is C29H23FO6. The molecule has 0 spiro atoms. The highest BCUT2D eigenvalue weighted by Gasteiger charge is 2.10. The van der Waals surface area contributed by atoms with Crippen molar-refractivity contribution in [3.05, 3.63) is 115 Å². The van der Waals surface area contributed by atoms with Gasteiger partial charge in [-0.15, -0.1) is 0 Å². The fraction of sp³-hybridized carbons (Fsp3) is 0.0690. The second-order valence-electron chi connectivity index (χ2n) is 7.41. The SMILES string of the molecule is C=CC(=O)OCCc1ccc(/C=C/C(=O)Oc2ccc(-c3ccc(OC(=O)C=C)cc3)c(F)c2)cc1. The molecular weight excluding hydrogens is 463 g/mol. The van der Waals surface area contributed by atoms with Crippen molar-refractivity contribution in [1.82, 2.24) is 0 Å². The number of esters is 3. The van der Waals surface area contributed by atoms with Crippen LogP contribution in [-0.4, -0.2) is 24.5 Å². The Bertz CT molecular complexity index is 1290. The first-order valence-electron chi connectivity index (χ1n) is 10.9. The summed E-state index contributed by atoms with van der Waals surface area (Å²) in [4.78, 5) is 34.5. The van der Waals surface area contributed by atoms with Gasteiger partial charge in [-0.05, 0) is 47.0 Å². The second-order valence-corrected chi connectivity index (χ2v) is 7.41. The molecule has 0 saturated carbocycles. The normalized spacial score (nSPS) is 10.5. The van der Waals surface area contributed by atoms with Gasteiger partial charge in [-0.1, -0.05) is 49.6 Å². The summed E-state index contributed by atoms with van der Waals surface area (Å²) in [6.45, 7) is 6.92. The van der Waals surface area contributed by atoms with Crippen molar-refractivity contribution >= 4 is 24.0 Å². The van der Waals surface area contributed by atoms with Gasteiger partial charge in [0.15, 0.2) is 0 Å². The van der Waals surface area contributed by atoms with Gasteiger partial charge in [0.2, 0.25) is 0 Å². The van der Waals surface area contributed by atoms with E-state index < -0.39 is 23.7 Å². The monoisotopic (exact) mass is 486 g/mol. The molecule has 36 heavy (non-hydrogen) atoms. The maximum Gasteiger partial charge on any atom is 0.336 e. The molecule has 0 fully saturated rings. The Morgan fingerprint density at radius 3 is 2.06 bits per heavy atom. The van der Waals surface area contributed by atoms with Crippen molar-refractivity contribution in [2.45, 2.75) is 6.42 Å². The molecule has 0 aromatic heterocycles. The van der Waals surface area contributed by atoms with E-state index in [1.54, 1.807) is 30.3 Å². The Morgan fingerprint density at radius 2 is 1.42 bits per heavy atom. The predicted molar refractivity (Wildman–Crippen MR) is 134 cm³/mol. The van der Waals surface area contributed by atoms with Crippen molar-refractivity contribution in [2.24, 2.45) is 0 Å². The van der Waals surface area contributed by atoms with E-state index in [0.29, 0.717) is 23.3 Å². The van der Waals surface area contributed by atoms with Crippen LogP contribution in [0.2, 0.25) is 0 Å². The van der Waals surface area contributed by atoms with Crippen LogP contribution < -0.4 is 9.47 Å². The van der Waals surface area contributed by atoms with Gasteiger partial charge in [-0.25, -0.2) is 18.8 Å². The lowest BCUT2D eigenvalue weighted by Gasteiger charge is -2.08. The van der Waals surface area contributed by atoms with Crippen LogP contribution >= 0.6 is 0 Å². The van der Waals surface area contributed by atoms with Gasteiger partial charge >= 0.3 is 17.9 Å². The average Bonchev–Trinajstić information content (AvgIpc) is 2.88. The van der Waals surface area contributed by atoms with Crippen LogP contribution in [0.1, 0.15) is 11.1 Å². The maximum atomic E-state index is 14.7. The van der Waals surface area contributed by atoms with Crippen LogP contribution in [0.15, 0.2) is 98.1 Å². The summed E-state index contributed by atoms with van der Waals surface area (Å²) in [5.41, 5.74) is 2.59. The van der Waals surface area contributed by atoms with Crippen LogP contribution in [0.3, 0.4) is 0 Å². The van der Waals surface area contributed by atoms with Gasteiger partial charge in [-0.3, -0.25) is 0 Å². The molecule has 0 aliphatic rings. The molecule has 0 aliphatic carbocycles. The lowest BCUT2D eigenvalue weighted by Crippen LogP contribution is -2.04. The minimum atomic E-state index is -0.657. The number of halogens is 1. The largest absolute Gasteiger partial charge is 0.462 e. The van der Waals surface area contributed by atoms with Crippen LogP contribution in [0.25, 0.3) is 17.2 Å². The molecule has 0 bridgehead atoms. The molecule has 6 nitrogen and oxygen atoms in total. The Kier molecular flexibility index (Phi) is 9.06. The molecule has 0 heterocycles. The second kappa shape index (κ2) is 12.6. The molecule has 0 saturated heterocycles. The standard InChI is InChI=1S/C29H23FO6/c1-3-27(31)34-18-17-21-7-5-20(6-8-21)9-16-29(33)36-24-14-15-25(26(30)19-24)22-10-12-23(13-11-22)35-28(32)4-2/h3-16,19H,1-2,17-18H2/b16-9+. The molecule has 0 aliphatic heterocycles. The smallest absolute Gasteiger partial charge is 0.336 e. The number of carbonyl (C=O) groups is 3. The van der Waals surface area contributed by atoms with Gasteiger partial charge in [0.05, 0.1) is 6.61 Å². The van der Waals surface area contributed by atoms with Crippen molar-refractivity contribution in [3.8, 4) is 22.6 Å². The zero-order valence-electron chi connectivity index (χ0n) is 19.3. The summed E-state index contributed by atoms with van der Waals surface area (Å²) in [6.07, 6.45) is 5.54. The average molecular weight is 486 g/mol.